The third-order valence-corrected chi connectivity index (χ3v) is 10.2. The van der Waals surface area contributed by atoms with Gasteiger partial charge in [-0.1, -0.05) is 13.8 Å². The number of ether oxygens (including phenoxy) is 1. The van der Waals surface area contributed by atoms with Crippen LogP contribution in [-0.4, -0.2) is 47.5 Å². The Morgan fingerprint density at radius 1 is 0.774 bits per heavy atom. The molecule has 0 spiro atoms. The predicted octanol–water partition coefficient (Wildman–Crippen LogP) is 8.37. The van der Waals surface area contributed by atoms with Crippen LogP contribution in [0.1, 0.15) is 58.8 Å². The Bertz CT molecular complexity index is 593. The molecule has 0 saturated heterocycles. The molecule has 3 aliphatic rings. The van der Waals surface area contributed by atoms with Crippen LogP contribution in [0.2, 0.25) is 0 Å². The van der Waals surface area contributed by atoms with Crippen molar-refractivity contribution in [1.29, 1.82) is 0 Å². The summed E-state index contributed by atoms with van der Waals surface area (Å²) in [6, 6.07) is 0. The molecule has 5 atom stereocenters. The van der Waals surface area contributed by atoms with E-state index in [0.29, 0.717) is 59.6 Å². The lowest BCUT2D eigenvalue weighted by atomic mass is 9.73. The van der Waals surface area contributed by atoms with E-state index in [-0.39, 0.29) is 21.8 Å². The quantitative estimate of drug-likeness (QED) is 0.174. The van der Waals surface area contributed by atoms with E-state index in [0.717, 1.165) is 38.5 Å². The maximum Gasteiger partial charge on any atom is 0.0777 e. The van der Waals surface area contributed by atoms with Gasteiger partial charge in [0.15, 0.2) is 0 Å². The number of alkyl halides is 6. The molecule has 7 heteroatoms. The Morgan fingerprint density at radius 3 is 1.65 bits per heavy atom. The van der Waals surface area contributed by atoms with Gasteiger partial charge in [-0.3, -0.25) is 0 Å². The van der Waals surface area contributed by atoms with Crippen LogP contribution in [0, 0.1) is 39.9 Å². The molecular weight excluding hydrogens is 517 g/mol. The average molecular weight is 554 g/mol. The topological polar surface area (TPSA) is 9.23 Å². The van der Waals surface area contributed by atoms with Crippen molar-refractivity contribution in [3.8, 4) is 0 Å². The first-order valence-electron chi connectivity index (χ1n) is 11.8. The van der Waals surface area contributed by atoms with Gasteiger partial charge >= 0.3 is 0 Å². The zero-order valence-corrected chi connectivity index (χ0v) is 23.3. The minimum absolute atomic E-state index is 0.00142. The Kier molecular flexibility index (Phi) is 9.47. The molecule has 0 amide bonds. The highest BCUT2D eigenvalue weighted by Crippen LogP contribution is 2.93. The van der Waals surface area contributed by atoms with Crippen LogP contribution in [0.4, 0.5) is 0 Å². The second-order valence-electron chi connectivity index (χ2n) is 10.0. The van der Waals surface area contributed by atoms with Gasteiger partial charge in [-0.2, -0.15) is 0 Å². The molecule has 0 N–H and O–H groups in total. The van der Waals surface area contributed by atoms with Crippen molar-refractivity contribution in [2.75, 3.05) is 41.9 Å². The van der Waals surface area contributed by atoms with Crippen molar-refractivity contribution < 1.29 is 4.74 Å². The minimum Gasteiger partial charge on any atom is -0.373 e. The number of halogens is 6. The van der Waals surface area contributed by atoms with E-state index in [4.69, 9.17) is 74.3 Å². The lowest BCUT2D eigenvalue weighted by Gasteiger charge is -2.35. The summed E-state index contributed by atoms with van der Waals surface area (Å²) in [5.74, 6) is 6.80. The van der Waals surface area contributed by atoms with E-state index in [1.807, 2.05) is 0 Å². The molecule has 0 aromatic heterocycles. The fraction of sp³-hybridized carbons (Fsp3) is 0.958. The van der Waals surface area contributed by atoms with Gasteiger partial charge in [0.05, 0.1) is 12.2 Å². The van der Waals surface area contributed by atoms with Crippen LogP contribution < -0.4 is 0 Å². The molecule has 181 valence electrons. The van der Waals surface area contributed by atoms with Crippen LogP contribution in [0.25, 0.3) is 0 Å². The van der Waals surface area contributed by atoms with Gasteiger partial charge in [-0.25, -0.2) is 0 Å². The van der Waals surface area contributed by atoms with Crippen LogP contribution in [0.15, 0.2) is 0 Å². The molecule has 0 bridgehead atoms. The lowest BCUT2D eigenvalue weighted by molar-refractivity contribution is -0.0241. The summed E-state index contributed by atoms with van der Waals surface area (Å²) in [5, 5.41) is 0. The number of rotatable bonds is 16. The van der Waals surface area contributed by atoms with Crippen molar-refractivity contribution >= 4 is 69.6 Å². The molecule has 3 aliphatic carbocycles. The molecule has 0 aliphatic heterocycles. The number of hydrogen-bond acceptors (Lipinski definition) is 1. The molecular formula is C24H37Cl6O. The Hall–Kier alpha value is 1.70. The van der Waals surface area contributed by atoms with Crippen molar-refractivity contribution in [1.82, 2.24) is 0 Å². The molecule has 0 aromatic carbocycles. The first-order valence-corrected chi connectivity index (χ1v) is 15.0. The normalized spacial score (nSPS) is 38.6. The van der Waals surface area contributed by atoms with E-state index < -0.39 is 0 Å². The Balaban J connectivity index is 2.12. The summed E-state index contributed by atoms with van der Waals surface area (Å²) >= 11 is 38.2. The van der Waals surface area contributed by atoms with E-state index in [1.165, 1.54) is 6.42 Å². The lowest BCUT2D eigenvalue weighted by Crippen LogP contribution is -2.36. The van der Waals surface area contributed by atoms with Gasteiger partial charge in [0.1, 0.15) is 0 Å². The third kappa shape index (κ3) is 4.09. The molecule has 0 heterocycles. The van der Waals surface area contributed by atoms with Crippen LogP contribution in [0.5, 0.6) is 0 Å². The standard InChI is InChI=1S/C24H37Cl6O/c1-17-15-23(17,24(16-18(24)2)31-14-13-30)20-21(5-10-27,6-11-28)22(20,7-12-29)19(3-8-25)4-9-26/h17-19H,3-16H2,1-2H3. The Labute approximate surface area is 219 Å². The van der Waals surface area contributed by atoms with Crippen LogP contribution in [-0.2, 0) is 4.74 Å². The second-order valence-corrected chi connectivity index (χ2v) is 12.3. The van der Waals surface area contributed by atoms with Crippen molar-refractivity contribution in [3.05, 3.63) is 5.92 Å². The average Bonchev–Trinajstić information content (AvgIpc) is 3.67. The van der Waals surface area contributed by atoms with E-state index in [1.54, 1.807) is 5.92 Å². The smallest absolute Gasteiger partial charge is 0.0777 e. The maximum atomic E-state index is 6.62. The molecule has 3 saturated carbocycles. The van der Waals surface area contributed by atoms with Crippen LogP contribution in [0.3, 0.4) is 0 Å². The summed E-state index contributed by atoms with van der Waals surface area (Å²) in [4.78, 5) is 0. The zero-order chi connectivity index (χ0) is 22.9. The number of hydrogen-bond donors (Lipinski definition) is 0. The van der Waals surface area contributed by atoms with E-state index in [9.17, 15) is 0 Å². The highest BCUT2D eigenvalue weighted by molar-refractivity contribution is 6.19. The minimum atomic E-state index is -0.110. The molecule has 3 rings (SSSR count). The van der Waals surface area contributed by atoms with Gasteiger partial charge in [-0.05, 0) is 79.4 Å². The molecule has 1 nitrogen and oxygen atoms in total. The molecule has 5 unspecified atom stereocenters. The summed E-state index contributed by atoms with van der Waals surface area (Å²) in [7, 11) is 0. The second kappa shape index (κ2) is 10.8. The fourth-order valence-electron chi connectivity index (χ4n) is 7.92. The largest absolute Gasteiger partial charge is 0.373 e. The van der Waals surface area contributed by atoms with Crippen molar-refractivity contribution in [2.45, 2.75) is 64.4 Å². The predicted molar refractivity (Wildman–Crippen MR) is 138 cm³/mol. The first-order chi connectivity index (χ1) is 14.9. The Morgan fingerprint density at radius 2 is 1.29 bits per heavy atom. The monoisotopic (exact) mass is 551 g/mol. The maximum absolute atomic E-state index is 6.62. The molecule has 3 fully saturated rings. The third-order valence-electron chi connectivity index (χ3n) is 9.05. The van der Waals surface area contributed by atoms with Crippen LogP contribution >= 0.6 is 69.6 Å². The SMILES string of the molecule is CC1CC1(OCCCl)C1([C]2C(CCCl)(CCCl)C2(CCCl)C(CCCl)CCCl)CC1C. The van der Waals surface area contributed by atoms with Gasteiger partial charge in [0.2, 0.25) is 0 Å². The van der Waals surface area contributed by atoms with Gasteiger partial charge in [0, 0.05) is 40.7 Å². The zero-order valence-electron chi connectivity index (χ0n) is 18.8. The highest BCUT2D eigenvalue weighted by atomic mass is 35.5. The summed E-state index contributed by atoms with van der Waals surface area (Å²) < 4.78 is 6.62. The van der Waals surface area contributed by atoms with Gasteiger partial charge in [-0.15, -0.1) is 69.6 Å². The van der Waals surface area contributed by atoms with E-state index in [2.05, 4.69) is 13.8 Å². The van der Waals surface area contributed by atoms with Crippen molar-refractivity contribution in [2.24, 2.45) is 34.0 Å². The van der Waals surface area contributed by atoms with Gasteiger partial charge < -0.3 is 4.74 Å². The fourth-order valence-corrected chi connectivity index (χ4v) is 9.47. The van der Waals surface area contributed by atoms with Gasteiger partial charge in [0.25, 0.3) is 0 Å². The molecule has 1 radical (unpaired) electrons. The molecule has 31 heavy (non-hydrogen) atoms. The van der Waals surface area contributed by atoms with E-state index >= 15 is 0 Å². The highest BCUT2D eigenvalue weighted by Gasteiger charge is 2.90. The first kappa shape index (κ1) is 27.3. The summed E-state index contributed by atoms with van der Waals surface area (Å²) in [6.07, 6.45) is 6.95. The summed E-state index contributed by atoms with van der Waals surface area (Å²) in [5.41, 5.74) is -0.0497. The molecule has 0 aromatic rings. The summed E-state index contributed by atoms with van der Waals surface area (Å²) in [6.45, 7) is 5.31. The van der Waals surface area contributed by atoms with Crippen molar-refractivity contribution in [3.63, 3.8) is 0 Å².